The van der Waals surface area contributed by atoms with Crippen LogP contribution in [-0.2, 0) is 20.3 Å². The Bertz CT molecular complexity index is 713. The largest absolute Gasteiger partial charge is 0.497 e. The molecule has 0 bridgehead atoms. The van der Waals surface area contributed by atoms with Gasteiger partial charge in [0.2, 0.25) is 0 Å². The first-order valence-corrected chi connectivity index (χ1v) is 7.57. The highest BCUT2D eigenvalue weighted by Gasteiger charge is 2.13. The number of hydrogen-bond donors (Lipinski definition) is 0. The summed E-state index contributed by atoms with van der Waals surface area (Å²) in [6, 6.07) is 10.3. The number of ether oxygens (including phenoxy) is 2. The predicted octanol–water partition coefficient (Wildman–Crippen LogP) is 2.44. The molecule has 5 nitrogen and oxygen atoms in total. The molecule has 1 unspecified atom stereocenters. The highest BCUT2D eigenvalue weighted by atomic mass is 32.2. The quantitative estimate of drug-likeness (QED) is 0.626. The second-order valence-electron chi connectivity index (χ2n) is 4.20. The van der Waals surface area contributed by atoms with Gasteiger partial charge in [0.15, 0.2) is 0 Å². The van der Waals surface area contributed by atoms with Gasteiger partial charge in [-0.05, 0) is 42.0 Å². The molecule has 0 aliphatic carbocycles. The van der Waals surface area contributed by atoms with E-state index in [0.29, 0.717) is 21.2 Å². The van der Waals surface area contributed by atoms with Crippen molar-refractivity contribution < 1.29 is 18.5 Å². The Labute approximate surface area is 131 Å². The van der Waals surface area contributed by atoms with Crippen LogP contribution in [0, 0.1) is 0 Å². The van der Waals surface area contributed by atoms with E-state index < -0.39 is 16.8 Å². The summed E-state index contributed by atoms with van der Waals surface area (Å²) in [5.74, 6) is 0.115. The zero-order valence-corrected chi connectivity index (χ0v) is 13.0. The smallest absolute Gasteiger partial charge is 0.330 e. The van der Waals surface area contributed by atoms with Crippen LogP contribution in [-0.4, -0.2) is 29.4 Å². The Morgan fingerprint density at radius 1 is 1.23 bits per heavy atom. The van der Waals surface area contributed by atoms with E-state index in [-0.39, 0.29) is 0 Å². The van der Waals surface area contributed by atoms with E-state index in [1.807, 2.05) is 0 Å². The van der Waals surface area contributed by atoms with Gasteiger partial charge in [-0.25, -0.2) is 14.0 Å². The molecule has 0 aliphatic heterocycles. The van der Waals surface area contributed by atoms with E-state index in [2.05, 4.69) is 9.72 Å². The molecule has 2 aromatic rings. The Morgan fingerprint density at radius 2 is 2.05 bits per heavy atom. The van der Waals surface area contributed by atoms with Gasteiger partial charge in [0.25, 0.3) is 0 Å². The zero-order valence-electron chi connectivity index (χ0n) is 12.2. The maximum atomic E-state index is 12.6. The molecule has 0 amide bonds. The van der Waals surface area contributed by atoms with Crippen molar-refractivity contribution in [2.45, 2.75) is 9.92 Å². The third-order valence-corrected chi connectivity index (χ3v) is 4.24. The van der Waals surface area contributed by atoms with E-state index in [1.54, 1.807) is 55.8 Å². The van der Waals surface area contributed by atoms with Gasteiger partial charge in [-0.1, -0.05) is 6.07 Å². The van der Waals surface area contributed by atoms with Gasteiger partial charge in [-0.2, -0.15) is 0 Å². The standard InChI is InChI=1S/C16H15NO4S/c1-20-13-7-8-14(12(11-13)6-9-16(18)21-2)22(19)15-5-3-4-10-17-15/h3-11H,1-2H3/b9-6+. The molecule has 1 aromatic heterocycles. The van der Waals surface area contributed by atoms with E-state index >= 15 is 0 Å². The van der Waals surface area contributed by atoms with Crippen LogP contribution < -0.4 is 4.74 Å². The minimum Gasteiger partial charge on any atom is -0.497 e. The van der Waals surface area contributed by atoms with Crippen molar-refractivity contribution in [1.82, 2.24) is 4.98 Å². The fraction of sp³-hybridized carbons (Fsp3) is 0.125. The molecule has 0 aliphatic rings. The Balaban J connectivity index is 2.44. The van der Waals surface area contributed by atoms with Crippen LogP contribution >= 0.6 is 0 Å². The number of pyridine rings is 1. The second kappa shape index (κ2) is 7.51. The van der Waals surface area contributed by atoms with Crippen LogP contribution in [0.3, 0.4) is 0 Å². The Morgan fingerprint density at radius 3 is 2.68 bits per heavy atom. The minimum atomic E-state index is -1.46. The van der Waals surface area contributed by atoms with Gasteiger partial charge in [-0.3, -0.25) is 0 Å². The van der Waals surface area contributed by atoms with Gasteiger partial charge >= 0.3 is 5.97 Å². The SMILES string of the molecule is COC(=O)/C=C/c1cc(OC)ccc1S(=O)c1ccccn1. The van der Waals surface area contributed by atoms with Crippen LogP contribution in [0.15, 0.2) is 58.6 Å². The molecule has 2 rings (SSSR count). The molecule has 0 N–H and O–H groups in total. The second-order valence-corrected chi connectivity index (χ2v) is 5.59. The first kappa shape index (κ1) is 15.9. The van der Waals surface area contributed by atoms with Crippen LogP contribution in [0.2, 0.25) is 0 Å². The third-order valence-electron chi connectivity index (χ3n) is 2.84. The maximum Gasteiger partial charge on any atom is 0.330 e. The number of aromatic nitrogens is 1. The highest BCUT2D eigenvalue weighted by Crippen LogP contribution is 2.24. The molecule has 1 aromatic carbocycles. The molecule has 0 saturated carbocycles. The Hall–Kier alpha value is -2.47. The fourth-order valence-corrected chi connectivity index (χ4v) is 2.86. The lowest BCUT2D eigenvalue weighted by Crippen LogP contribution is -1.99. The molecule has 1 atom stereocenters. The number of carbonyl (C=O) groups is 1. The van der Waals surface area contributed by atoms with Gasteiger partial charge in [0.05, 0.1) is 19.1 Å². The summed E-state index contributed by atoms with van der Waals surface area (Å²) in [6.45, 7) is 0. The van der Waals surface area contributed by atoms with Crippen molar-refractivity contribution in [2.24, 2.45) is 0 Å². The summed E-state index contributed by atoms with van der Waals surface area (Å²) in [6.07, 6.45) is 4.40. The summed E-state index contributed by atoms with van der Waals surface area (Å²) < 4.78 is 22.4. The average Bonchev–Trinajstić information content (AvgIpc) is 2.59. The predicted molar refractivity (Wildman–Crippen MR) is 83.0 cm³/mol. The fourth-order valence-electron chi connectivity index (χ4n) is 1.75. The monoisotopic (exact) mass is 317 g/mol. The number of nitrogens with zero attached hydrogens (tertiary/aromatic N) is 1. The third kappa shape index (κ3) is 3.79. The van der Waals surface area contributed by atoms with Crippen LogP contribution in [0.1, 0.15) is 5.56 Å². The van der Waals surface area contributed by atoms with E-state index in [9.17, 15) is 9.00 Å². The molecular weight excluding hydrogens is 302 g/mol. The normalized spacial score (nSPS) is 12.1. The average molecular weight is 317 g/mol. The summed E-state index contributed by atoms with van der Waals surface area (Å²) in [5, 5.41) is 0.445. The molecule has 0 fully saturated rings. The summed E-state index contributed by atoms with van der Waals surface area (Å²) in [4.78, 5) is 15.9. The zero-order chi connectivity index (χ0) is 15.9. The van der Waals surface area contributed by atoms with E-state index in [4.69, 9.17) is 4.74 Å². The minimum absolute atomic E-state index is 0.445. The van der Waals surface area contributed by atoms with Crippen molar-refractivity contribution in [3.8, 4) is 5.75 Å². The van der Waals surface area contributed by atoms with E-state index in [0.717, 1.165) is 0 Å². The molecule has 0 saturated heterocycles. The molecule has 1 heterocycles. The van der Waals surface area contributed by atoms with Crippen molar-refractivity contribution >= 4 is 22.8 Å². The molecule has 22 heavy (non-hydrogen) atoms. The topological polar surface area (TPSA) is 65.5 Å². The number of methoxy groups -OCH3 is 2. The molecule has 114 valence electrons. The van der Waals surface area contributed by atoms with Crippen LogP contribution in [0.25, 0.3) is 6.08 Å². The maximum absolute atomic E-state index is 12.6. The molecule has 0 spiro atoms. The first-order valence-electron chi connectivity index (χ1n) is 6.42. The lowest BCUT2D eigenvalue weighted by Gasteiger charge is -2.08. The molecular formula is C16H15NO4S. The lowest BCUT2D eigenvalue weighted by molar-refractivity contribution is -0.134. The van der Waals surface area contributed by atoms with Crippen molar-refractivity contribution in [3.05, 3.63) is 54.2 Å². The lowest BCUT2D eigenvalue weighted by atomic mass is 10.2. The van der Waals surface area contributed by atoms with Crippen LogP contribution in [0.4, 0.5) is 0 Å². The van der Waals surface area contributed by atoms with Crippen LogP contribution in [0.5, 0.6) is 5.75 Å². The van der Waals surface area contributed by atoms with Gasteiger partial charge < -0.3 is 9.47 Å². The number of benzene rings is 1. The summed E-state index contributed by atoms with van der Waals surface area (Å²) >= 11 is 0. The van der Waals surface area contributed by atoms with Gasteiger partial charge in [-0.15, -0.1) is 0 Å². The van der Waals surface area contributed by atoms with Crippen molar-refractivity contribution in [2.75, 3.05) is 14.2 Å². The van der Waals surface area contributed by atoms with Gasteiger partial charge in [0, 0.05) is 12.3 Å². The summed E-state index contributed by atoms with van der Waals surface area (Å²) in [7, 11) is 1.38. The highest BCUT2D eigenvalue weighted by molar-refractivity contribution is 7.85. The number of carbonyl (C=O) groups excluding carboxylic acids is 1. The number of hydrogen-bond acceptors (Lipinski definition) is 5. The first-order chi connectivity index (χ1) is 10.7. The van der Waals surface area contributed by atoms with Crippen molar-refractivity contribution in [1.29, 1.82) is 0 Å². The number of rotatable bonds is 5. The van der Waals surface area contributed by atoms with E-state index in [1.165, 1.54) is 13.2 Å². The van der Waals surface area contributed by atoms with Crippen molar-refractivity contribution in [3.63, 3.8) is 0 Å². The molecule has 0 radical (unpaired) electrons. The summed E-state index contributed by atoms with van der Waals surface area (Å²) in [5.41, 5.74) is 0.605. The Kier molecular flexibility index (Phi) is 5.43. The molecule has 6 heteroatoms. The van der Waals surface area contributed by atoms with Gasteiger partial charge in [0.1, 0.15) is 21.6 Å². The number of esters is 1.